The van der Waals surface area contributed by atoms with E-state index in [-0.39, 0.29) is 51.2 Å². The van der Waals surface area contributed by atoms with E-state index in [0.717, 1.165) is 5.69 Å². The van der Waals surface area contributed by atoms with Gasteiger partial charge in [0, 0.05) is 31.9 Å². The van der Waals surface area contributed by atoms with Crippen molar-refractivity contribution in [1.82, 2.24) is 29.9 Å². The second kappa shape index (κ2) is 15.8. The molecule has 2 aliphatic rings. The first-order valence-corrected chi connectivity index (χ1v) is 19.5. The molecule has 18 nitrogen and oxygen atoms in total. The van der Waals surface area contributed by atoms with Gasteiger partial charge in [0.1, 0.15) is 9.79 Å². The lowest BCUT2D eigenvalue weighted by molar-refractivity contribution is 0.122. The Balaban J connectivity index is 1.32. The SMILES string of the molecule is O=S(=O)(O)c1ccccc1C=Cc1cccc(Nc2nc(-c3nc(Nc4ccccc4)nc(N4CCOCC4)n3)nc(N3CCOCC3)n2)c1S(=O)(=O)O. The zero-order chi connectivity index (χ0) is 37.7. The van der Waals surface area contributed by atoms with E-state index >= 15 is 0 Å². The average molecular weight is 775 g/mol. The molecule has 20 heteroatoms. The van der Waals surface area contributed by atoms with Crippen LogP contribution >= 0.6 is 0 Å². The Morgan fingerprint density at radius 1 is 0.574 bits per heavy atom. The molecule has 2 aliphatic heterocycles. The predicted molar refractivity (Wildman–Crippen MR) is 199 cm³/mol. The molecular formula is C34H34N10O8S2. The van der Waals surface area contributed by atoms with Crippen LogP contribution in [-0.4, -0.2) is 108 Å². The maximum absolute atomic E-state index is 12.9. The summed E-state index contributed by atoms with van der Waals surface area (Å²) in [5.74, 6) is 0.910. The highest BCUT2D eigenvalue weighted by atomic mass is 32.2. The molecule has 0 bridgehead atoms. The van der Waals surface area contributed by atoms with E-state index in [1.807, 2.05) is 40.1 Å². The van der Waals surface area contributed by atoms with Crippen LogP contribution in [0.1, 0.15) is 11.1 Å². The molecule has 4 heterocycles. The van der Waals surface area contributed by atoms with E-state index in [0.29, 0.717) is 58.6 Å². The summed E-state index contributed by atoms with van der Waals surface area (Å²) in [4.78, 5) is 30.9. The number of nitrogens with one attached hydrogen (secondary N) is 2. The lowest BCUT2D eigenvalue weighted by atomic mass is 10.1. The normalized spacial score (nSPS) is 15.4. The molecular weight excluding hydrogens is 741 g/mol. The summed E-state index contributed by atoms with van der Waals surface area (Å²) in [6.45, 7) is 3.82. The van der Waals surface area contributed by atoms with Gasteiger partial charge in [0.2, 0.25) is 35.4 Å². The molecule has 0 radical (unpaired) electrons. The molecule has 0 amide bonds. The largest absolute Gasteiger partial charge is 0.378 e. The Hall–Kier alpha value is -5.64. The lowest BCUT2D eigenvalue weighted by Gasteiger charge is -2.28. The third-order valence-corrected chi connectivity index (χ3v) is 10.2. The van der Waals surface area contributed by atoms with Crippen molar-refractivity contribution in [2.45, 2.75) is 9.79 Å². The number of ether oxygens (including phenoxy) is 2. The molecule has 0 saturated carbocycles. The molecule has 5 aromatic rings. The van der Waals surface area contributed by atoms with Crippen molar-refractivity contribution in [1.29, 1.82) is 0 Å². The van der Waals surface area contributed by atoms with Crippen LogP contribution < -0.4 is 20.4 Å². The minimum absolute atomic E-state index is 0.000397. The molecule has 54 heavy (non-hydrogen) atoms. The summed E-state index contributed by atoms with van der Waals surface area (Å²) in [5.41, 5.74) is 0.734. The van der Waals surface area contributed by atoms with Gasteiger partial charge in [-0.05, 0) is 35.4 Å². The molecule has 7 rings (SSSR count). The number of aromatic nitrogens is 6. The summed E-state index contributed by atoms with van der Waals surface area (Å²) >= 11 is 0. The average Bonchev–Trinajstić information content (AvgIpc) is 3.17. The zero-order valence-electron chi connectivity index (χ0n) is 28.5. The quantitative estimate of drug-likeness (QED) is 0.111. The Morgan fingerprint density at radius 2 is 1.09 bits per heavy atom. The third kappa shape index (κ3) is 8.76. The zero-order valence-corrected chi connectivity index (χ0v) is 30.1. The number of anilines is 6. The highest BCUT2D eigenvalue weighted by molar-refractivity contribution is 7.86. The number of hydrogen-bond donors (Lipinski definition) is 4. The number of para-hydroxylation sites is 1. The lowest BCUT2D eigenvalue weighted by Crippen LogP contribution is -2.38. The van der Waals surface area contributed by atoms with Crippen molar-refractivity contribution in [3.8, 4) is 11.6 Å². The van der Waals surface area contributed by atoms with Crippen LogP contribution in [0.2, 0.25) is 0 Å². The fraction of sp³-hybridized carbons (Fsp3) is 0.235. The van der Waals surface area contributed by atoms with Crippen molar-refractivity contribution >= 4 is 67.6 Å². The first-order valence-electron chi connectivity index (χ1n) is 16.6. The number of hydrogen-bond acceptors (Lipinski definition) is 16. The topological polar surface area (TPSA) is 235 Å². The Kier molecular flexibility index (Phi) is 10.7. The van der Waals surface area contributed by atoms with E-state index < -0.39 is 25.1 Å². The van der Waals surface area contributed by atoms with Crippen LogP contribution in [0.15, 0.2) is 82.6 Å². The summed E-state index contributed by atoms with van der Waals surface area (Å²) in [6.07, 6.45) is 2.61. The van der Waals surface area contributed by atoms with Gasteiger partial charge in [-0.2, -0.15) is 46.7 Å². The van der Waals surface area contributed by atoms with Crippen molar-refractivity contribution in [2.24, 2.45) is 0 Å². The molecule has 4 N–H and O–H groups in total. The first-order chi connectivity index (χ1) is 26.0. The van der Waals surface area contributed by atoms with Gasteiger partial charge in [0.05, 0.1) is 32.1 Å². The number of benzene rings is 3. The van der Waals surface area contributed by atoms with Gasteiger partial charge in [-0.3, -0.25) is 9.11 Å². The van der Waals surface area contributed by atoms with Crippen LogP contribution in [0.3, 0.4) is 0 Å². The molecule has 0 spiro atoms. The van der Waals surface area contributed by atoms with Crippen molar-refractivity contribution < 1.29 is 35.4 Å². The molecule has 2 saturated heterocycles. The summed E-state index contributed by atoms with van der Waals surface area (Å²) in [5, 5.41) is 6.14. The van der Waals surface area contributed by atoms with Crippen LogP contribution in [0.5, 0.6) is 0 Å². The third-order valence-electron chi connectivity index (χ3n) is 8.25. The van der Waals surface area contributed by atoms with E-state index in [2.05, 4.69) is 30.6 Å². The van der Waals surface area contributed by atoms with Gasteiger partial charge in [-0.25, -0.2) is 0 Å². The standard InChI is InChI=1S/C34H34N10O8S2/c45-53(46,47)27-12-5-4-7-23(27)13-14-24-8-6-11-26(28(24)54(48,49)50)36-32-38-30(40-34(42-32)44-17-21-52-22-18-44)29-37-31(35-25-9-2-1-3-10-25)41-33(39-29)43-15-19-51-20-16-43/h1-14H,15-22H2,(H,45,46,47)(H,48,49,50)(H,35,37,39,41)(H,36,38,40,42). The van der Waals surface area contributed by atoms with E-state index in [1.165, 1.54) is 48.6 Å². The van der Waals surface area contributed by atoms with Gasteiger partial charge in [0.15, 0.2) is 0 Å². The predicted octanol–water partition coefficient (Wildman–Crippen LogP) is 3.55. The highest BCUT2D eigenvalue weighted by Gasteiger charge is 2.25. The maximum atomic E-state index is 12.9. The second-order valence-corrected chi connectivity index (χ2v) is 14.7. The molecule has 2 aromatic heterocycles. The van der Waals surface area contributed by atoms with Crippen LogP contribution in [0.25, 0.3) is 23.8 Å². The number of morpholine rings is 2. The van der Waals surface area contributed by atoms with Crippen molar-refractivity contribution in [3.05, 3.63) is 83.9 Å². The van der Waals surface area contributed by atoms with Gasteiger partial charge in [-0.15, -0.1) is 0 Å². The highest BCUT2D eigenvalue weighted by Crippen LogP contribution is 2.31. The molecule has 2 fully saturated rings. The van der Waals surface area contributed by atoms with Gasteiger partial charge < -0.3 is 29.9 Å². The van der Waals surface area contributed by atoms with Gasteiger partial charge in [0.25, 0.3) is 20.2 Å². The molecule has 0 atom stereocenters. The monoisotopic (exact) mass is 774 g/mol. The molecule has 0 aliphatic carbocycles. The summed E-state index contributed by atoms with van der Waals surface area (Å²) in [6, 6.07) is 19.3. The Labute approximate surface area is 310 Å². The van der Waals surface area contributed by atoms with Gasteiger partial charge >= 0.3 is 0 Å². The smallest absolute Gasteiger partial charge is 0.297 e. The molecule has 280 valence electrons. The fourth-order valence-electron chi connectivity index (χ4n) is 5.73. The maximum Gasteiger partial charge on any atom is 0.297 e. The van der Waals surface area contributed by atoms with Crippen LogP contribution in [0, 0.1) is 0 Å². The first kappa shape index (κ1) is 36.7. The molecule has 0 unspecified atom stereocenters. The van der Waals surface area contributed by atoms with E-state index in [4.69, 9.17) is 19.4 Å². The van der Waals surface area contributed by atoms with Crippen molar-refractivity contribution in [3.63, 3.8) is 0 Å². The Morgan fingerprint density at radius 3 is 1.67 bits per heavy atom. The van der Waals surface area contributed by atoms with E-state index in [9.17, 15) is 25.9 Å². The summed E-state index contributed by atoms with van der Waals surface area (Å²) in [7, 11) is -9.50. The minimum atomic E-state index is -4.91. The number of rotatable bonds is 11. The van der Waals surface area contributed by atoms with Crippen LogP contribution in [-0.2, 0) is 29.7 Å². The number of nitrogens with zero attached hydrogens (tertiary/aromatic N) is 8. The van der Waals surface area contributed by atoms with Crippen LogP contribution in [0.4, 0.5) is 35.2 Å². The Bertz CT molecular complexity index is 2390. The van der Waals surface area contributed by atoms with Crippen molar-refractivity contribution in [2.75, 3.05) is 73.0 Å². The van der Waals surface area contributed by atoms with E-state index in [1.54, 1.807) is 6.07 Å². The summed E-state index contributed by atoms with van der Waals surface area (Å²) < 4.78 is 80.9. The van der Waals surface area contributed by atoms with Gasteiger partial charge in [-0.1, -0.05) is 60.7 Å². The minimum Gasteiger partial charge on any atom is -0.378 e. The second-order valence-electron chi connectivity index (χ2n) is 11.9. The molecule has 3 aromatic carbocycles. The fourth-order valence-corrected chi connectivity index (χ4v) is 7.24.